The van der Waals surface area contributed by atoms with Crippen LogP contribution in [0.4, 0.5) is 6.01 Å². The van der Waals surface area contributed by atoms with E-state index in [0.29, 0.717) is 29.1 Å². The van der Waals surface area contributed by atoms with Crippen molar-refractivity contribution in [3.63, 3.8) is 0 Å². The first-order valence-corrected chi connectivity index (χ1v) is 7.96. The molecule has 0 aromatic carbocycles. The first-order valence-electron chi connectivity index (χ1n) is 7.96. The maximum atomic E-state index is 12.1. The van der Waals surface area contributed by atoms with Crippen molar-refractivity contribution in [1.29, 1.82) is 0 Å². The lowest BCUT2D eigenvalue weighted by Gasteiger charge is -2.33. The van der Waals surface area contributed by atoms with Crippen molar-refractivity contribution in [3.05, 3.63) is 17.8 Å². The number of nitrogens with zero attached hydrogens (tertiary/aromatic N) is 4. The molecule has 2 fully saturated rings. The number of hydrogen-bond acceptors (Lipinski definition) is 5. The molecular formula is C16H20N4O2. The number of aromatic nitrogens is 2. The topological polar surface area (TPSA) is 62.5 Å². The van der Waals surface area contributed by atoms with E-state index in [2.05, 4.69) is 14.9 Å². The number of anilines is 1. The molecule has 116 valence electrons. The molecule has 3 heterocycles. The normalized spacial score (nSPS) is 19.0. The molecule has 1 saturated carbocycles. The standard InChI is InChI=1S/C16H20N4O2/c1-11-2-5-13-15(17-11)18-16(22-13)20-8-6-19(7-9-20)14(21)10-12-3-4-12/h2,5,12H,3-4,6-10H2,1H3. The number of piperazine rings is 1. The highest BCUT2D eigenvalue weighted by molar-refractivity contribution is 5.77. The second kappa shape index (κ2) is 5.26. The maximum Gasteiger partial charge on any atom is 0.300 e. The molecule has 2 aromatic rings. The van der Waals surface area contributed by atoms with Gasteiger partial charge < -0.3 is 14.2 Å². The summed E-state index contributed by atoms with van der Waals surface area (Å²) in [5.74, 6) is 0.953. The Balaban J connectivity index is 1.42. The lowest BCUT2D eigenvalue weighted by molar-refractivity contribution is -0.131. The van der Waals surface area contributed by atoms with Crippen LogP contribution in [0.1, 0.15) is 25.0 Å². The molecule has 22 heavy (non-hydrogen) atoms. The van der Waals surface area contributed by atoms with Crippen LogP contribution in [-0.2, 0) is 4.79 Å². The molecule has 0 unspecified atom stereocenters. The summed E-state index contributed by atoms with van der Waals surface area (Å²) in [6.45, 7) is 4.97. The zero-order valence-corrected chi connectivity index (χ0v) is 12.8. The maximum absolute atomic E-state index is 12.1. The fourth-order valence-corrected chi connectivity index (χ4v) is 2.88. The molecule has 0 bridgehead atoms. The van der Waals surface area contributed by atoms with Crippen LogP contribution in [-0.4, -0.2) is 47.0 Å². The van der Waals surface area contributed by atoms with Gasteiger partial charge in [0, 0.05) is 38.3 Å². The van der Waals surface area contributed by atoms with Crippen molar-refractivity contribution in [1.82, 2.24) is 14.9 Å². The number of rotatable bonds is 3. The van der Waals surface area contributed by atoms with Crippen molar-refractivity contribution in [2.45, 2.75) is 26.2 Å². The van der Waals surface area contributed by atoms with Crippen LogP contribution in [0.25, 0.3) is 11.2 Å². The first-order chi connectivity index (χ1) is 10.7. The van der Waals surface area contributed by atoms with Gasteiger partial charge in [0.1, 0.15) is 0 Å². The third kappa shape index (κ3) is 2.65. The number of amides is 1. The minimum absolute atomic E-state index is 0.303. The molecule has 1 saturated heterocycles. The molecular weight excluding hydrogens is 280 g/mol. The highest BCUT2D eigenvalue weighted by Crippen LogP contribution is 2.33. The zero-order valence-electron chi connectivity index (χ0n) is 12.8. The smallest absolute Gasteiger partial charge is 0.300 e. The highest BCUT2D eigenvalue weighted by atomic mass is 16.4. The highest BCUT2D eigenvalue weighted by Gasteiger charge is 2.29. The van der Waals surface area contributed by atoms with Crippen molar-refractivity contribution in [2.24, 2.45) is 5.92 Å². The summed E-state index contributed by atoms with van der Waals surface area (Å²) >= 11 is 0. The molecule has 6 heteroatoms. The second-order valence-corrected chi connectivity index (χ2v) is 6.29. The Morgan fingerprint density at radius 3 is 2.73 bits per heavy atom. The lowest BCUT2D eigenvalue weighted by atomic mass is 10.2. The van der Waals surface area contributed by atoms with Gasteiger partial charge in [0.2, 0.25) is 11.6 Å². The number of oxazole rings is 1. The number of pyridine rings is 1. The van der Waals surface area contributed by atoms with E-state index >= 15 is 0 Å². The summed E-state index contributed by atoms with van der Waals surface area (Å²) in [5, 5.41) is 0. The van der Waals surface area contributed by atoms with Crippen LogP contribution < -0.4 is 4.90 Å². The molecule has 0 N–H and O–H groups in total. The van der Waals surface area contributed by atoms with E-state index < -0.39 is 0 Å². The van der Waals surface area contributed by atoms with E-state index in [1.54, 1.807) is 0 Å². The Hall–Kier alpha value is -2.11. The number of fused-ring (bicyclic) bond motifs is 1. The molecule has 2 aliphatic rings. The van der Waals surface area contributed by atoms with Gasteiger partial charge in [-0.1, -0.05) is 0 Å². The molecule has 6 nitrogen and oxygen atoms in total. The molecule has 4 rings (SSSR count). The van der Waals surface area contributed by atoms with E-state index in [4.69, 9.17) is 4.42 Å². The minimum Gasteiger partial charge on any atom is -0.422 e. The van der Waals surface area contributed by atoms with E-state index in [1.807, 2.05) is 24.0 Å². The summed E-state index contributed by atoms with van der Waals surface area (Å²) in [6.07, 6.45) is 3.17. The van der Waals surface area contributed by atoms with Gasteiger partial charge >= 0.3 is 0 Å². The van der Waals surface area contributed by atoms with Crippen LogP contribution in [0, 0.1) is 12.8 Å². The fraction of sp³-hybridized carbons (Fsp3) is 0.562. The van der Waals surface area contributed by atoms with Crippen molar-refractivity contribution in [2.75, 3.05) is 31.1 Å². The molecule has 0 radical (unpaired) electrons. The van der Waals surface area contributed by atoms with E-state index in [1.165, 1.54) is 12.8 Å². The average Bonchev–Trinajstić information content (AvgIpc) is 3.23. The third-order valence-electron chi connectivity index (χ3n) is 4.44. The van der Waals surface area contributed by atoms with E-state index in [0.717, 1.165) is 38.3 Å². The first kappa shape index (κ1) is 13.5. The molecule has 1 aliphatic heterocycles. The molecule has 1 aliphatic carbocycles. The summed E-state index contributed by atoms with van der Waals surface area (Å²) in [7, 11) is 0. The molecule has 1 amide bonds. The predicted octanol–water partition coefficient (Wildman–Crippen LogP) is 1.98. The molecule has 0 spiro atoms. The van der Waals surface area contributed by atoms with Gasteiger partial charge in [-0.15, -0.1) is 0 Å². The van der Waals surface area contributed by atoms with Gasteiger partial charge in [-0.2, -0.15) is 4.98 Å². The second-order valence-electron chi connectivity index (χ2n) is 6.29. The van der Waals surface area contributed by atoms with Gasteiger partial charge in [-0.3, -0.25) is 4.79 Å². The van der Waals surface area contributed by atoms with Gasteiger partial charge in [-0.25, -0.2) is 4.98 Å². The Morgan fingerprint density at radius 2 is 2.00 bits per heavy atom. The Labute approximate surface area is 129 Å². The van der Waals surface area contributed by atoms with E-state index in [-0.39, 0.29) is 0 Å². The van der Waals surface area contributed by atoms with E-state index in [9.17, 15) is 4.79 Å². The van der Waals surface area contributed by atoms with Gasteiger partial charge in [0.25, 0.3) is 6.01 Å². The fourth-order valence-electron chi connectivity index (χ4n) is 2.88. The Morgan fingerprint density at radius 1 is 1.23 bits per heavy atom. The summed E-state index contributed by atoms with van der Waals surface area (Å²) in [5.41, 5.74) is 2.30. The predicted molar refractivity (Wildman–Crippen MR) is 82.7 cm³/mol. The third-order valence-corrected chi connectivity index (χ3v) is 4.44. The van der Waals surface area contributed by atoms with Crippen LogP contribution in [0.3, 0.4) is 0 Å². The number of carbonyl (C=O) groups is 1. The minimum atomic E-state index is 0.303. The van der Waals surface area contributed by atoms with Crippen LogP contribution in [0.5, 0.6) is 0 Å². The van der Waals surface area contributed by atoms with Crippen molar-refractivity contribution >= 4 is 23.2 Å². The lowest BCUT2D eigenvalue weighted by Crippen LogP contribution is -2.49. The van der Waals surface area contributed by atoms with Crippen molar-refractivity contribution < 1.29 is 9.21 Å². The monoisotopic (exact) mass is 300 g/mol. The van der Waals surface area contributed by atoms with Gasteiger partial charge in [0.05, 0.1) is 0 Å². The molecule has 2 aromatic heterocycles. The van der Waals surface area contributed by atoms with Crippen LogP contribution >= 0.6 is 0 Å². The largest absolute Gasteiger partial charge is 0.422 e. The zero-order chi connectivity index (χ0) is 15.1. The molecule has 0 atom stereocenters. The quantitative estimate of drug-likeness (QED) is 0.867. The SMILES string of the molecule is Cc1ccc2oc(N3CCN(C(=O)CC4CC4)CC3)nc2n1. The number of carbonyl (C=O) groups excluding carboxylic acids is 1. The van der Waals surface area contributed by atoms with Gasteiger partial charge in [0.15, 0.2) is 5.58 Å². The summed E-state index contributed by atoms with van der Waals surface area (Å²) in [6, 6.07) is 4.44. The summed E-state index contributed by atoms with van der Waals surface area (Å²) in [4.78, 5) is 25.0. The van der Waals surface area contributed by atoms with Crippen LogP contribution in [0.2, 0.25) is 0 Å². The number of aryl methyl sites for hydroxylation is 1. The van der Waals surface area contributed by atoms with Crippen molar-refractivity contribution in [3.8, 4) is 0 Å². The Bertz CT molecular complexity index is 699. The van der Waals surface area contributed by atoms with Crippen LogP contribution in [0.15, 0.2) is 16.5 Å². The van der Waals surface area contributed by atoms with Gasteiger partial charge in [-0.05, 0) is 37.8 Å². The summed E-state index contributed by atoms with van der Waals surface area (Å²) < 4.78 is 5.78. The average molecular weight is 300 g/mol. The Kier molecular flexibility index (Phi) is 3.24. The number of hydrogen-bond donors (Lipinski definition) is 0.